The van der Waals surface area contributed by atoms with Gasteiger partial charge in [0.05, 0.1) is 19.3 Å². The molecular formula is C39H51N5O6. The van der Waals surface area contributed by atoms with E-state index in [1.54, 1.807) is 7.11 Å². The Labute approximate surface area is 294 Å². The Morgan fingerprint density at radius 1 is 0.960 bits per heavy atom. The van der Waals surface area contributed by atoms with Crippen LogP contribution in [0.3, 0.4) is 0 Å². The number of hydrogen-bond donors (Lipinski definition) is 2. The van der Waals surface area contributed by atoms with Crippen molar-refractivity contribution in [3.05, 3.63) is 66.0 Å². The second-order valence-corrected chi connectivity index (χ2v) is 14.4. The number of rotatable bonds is 12. The van der Waals surface area contributed by atoms with Crippen molar-refractivity contribution in [2.75, 3.05) is 38.7 Å². The van der Waals surface area contributed by atoms with E-state index in [0.29, 0.717) is 50.1 Å². The molecule has 11 nitrogen and oxygen atoms in total. The highest BCUT2D eigenvalue weighted by atomic mass is 16.6. The topological polar surface area (TPSA) is 126 Å². The number of amides is 3. The van der Waals surface area contributed by atoms with Crippen molar-refractivity contribution in [2.24, 2.45) is 11.8 Å². The van der Waals surface area contributed by atoms with Crippen LogP contribution in [-0.4, -0.2) is 77.8 Å². The first-order valence-corrected chi connectivity index (χ1v) is 18.2. The lowest BCUT2D eigenvalue weighted by molar-refractivity contribution is -0.124. The molecule has 11 heteroatoms. The molecule has 2 N–H and O–H groups in total. The molecule has 3 fully saturated rings. The smallest absolute Gasteiger partial charge is 0.407 e. The van der Waals surface area contributed by atoms with Crippen molar-refractivity contribution in [3.8, 4) is 16.9 Å². The normalized spacial score (nSPS) is 22.0. The van der Waals surface area contributed by atoms with E-state index < -0.39 is 12.2 Å². The van der Waals surface area contributed by atoms with Gasteiger partial charge in [0.1, 0.15) is 11.9 Å². The standard InChI is InChI=1S/C39H51N5O6/c1-26-21-31(13-18-36(26)49-3)28-9-7-27(8-10-28)24-43(34-6-4-5-30(22-34)32-23-41-44(25-32)33-14-15-33)37(45)29-11-16-35(17-12-29)50-38(46)40-19-20-42(2)39(47)48/h4-6,13,18,21-23,25,27-29,33,35H,7-12,14-17,19-20,24H2,1-3H3,(H,40,46)(H,47,48)/t27-,28-,29-,35-. The number of carboxylic acid groups (broad SMARTS) is 1. The third kappa shape index (κ3) is 8.78. The van der Waals surface area contributed by atoms with Gasteiger partial charge in [-0.2, -0.15) is 5.10 Å². The number of aryl methyl sites for hydroxylation is 1. The number of methoxy groups -OCH3 is 1. The van der Waals surface area contributed by atoms with E-state index in [0.717, 1.165) is 58.7 Å². The Balaban J connectivity index is 1.11. The number of alkyl carbamates (subject to hydrolysis) is 1. The number of ether oxygens (including phenoxy) is 2. The minimum Gasteiger partial charge on any atom is -0.496 e. The Hall–Kier alpha value is -4.54. The number of hydrogen-bond acceptors (Lipinski definition) is 6. The fourth-order valence-corrected chi connectivity index (χ4v) is 7.56. The summed E-state index contributed by atoms with van der Waals surface area (Å²) in [6.07, 6.45) is 11.3. The van der Waals surface area contributed by atoms with E-state index >= 15 is 0 Å². The number of benzene rings is 2. The first-order valence-electron chi connectivity index (χ1n) is 18.2. The molecule has 3 aliphatic rings. The number of aromatic nitrogens is 2. The Bertz CT molecular complexity index is 1640. The molecule has 3 amide bonds. The molecule has 0 radical (unpaired) electrons. The molecule has 3 aliphatic carbocycles. The van der Waals surface area contributed by atoms with Gasteiger partial charge in [-0.1, -0.05) is 24.3 Å². The van der Waals surface area contributed by atoms with Gasteiger partial charge >= 0.3 is 12.2 Å². The van der Waals surface area contributed by atoms with E-state index in [4.69, 9.17) is 14.6 Å². The van der Waals surface area contributed by atoms with Gasteiger partial charge in [0, 0.05) is 50.0 Å². The van der Waals surface area contributed by atoms with Crippen LogP contribution in [-0.2, 0) is 9.53 Å². The third-order valence-electron chi connectivity index (χ3n) is 10.8. The highest BCUT2D eigenvalue weighted by Crippen LogP contribution is 2.40. The minimum absolute atomic E-state index is 0.142. The minimum atomic E-state index is -1.05. The maximum Gasteiger partial charge on any atom is 0.407 e. The quantitative estimate of drug-likeness (QED) is 0.203. The van der Waals surface area contributed by atoms with Crippen LogP contribution in [0.1, 0.15) is 87.3 Å². The molecule has 0 atom stereocenters. The number of carbonyl (C=O) groups excluding carboxylic acids is 2. The Kier molecular flexibility index (Phi) is 11.3. The summed E-state index contributed by atoms with van der Waals surface area (Å²) in [5, 5.41) is 16.2. The number of nitrogens with one attached hydrogen (secondary N) is 1. The SMILES string of the molecule is COc1ccc([C@H]2CC[C@H](CN(c3cccc(-c4cnn(C5CC5)c4)c3)C(=O)[C@H]3CC[C@H](OC(=O)NCCN(C)C(=O)O)CC3)CC2)cc1C. The average Bonchev–Trinajstić information content (AvgIpc) is 3.86. The lowest BCUT2D eigenvalue weighted by atomic mass is 9.78. The molecule has 50 heavy (non-hydrogen) atoms. The zero-order valence-corrected chi connectivity index (χ0v) is 29.6. The van der Waals surface area contributed by atoms with E-state index in [-0.39, 0.29) is 31.0 Å². The van der Waals surface area contributed by atoms with Gasteiger partial charge in [-0.25, -0.2) is 9.59 Å². The zero-order chi connectivity index (χ0) is 35.2. The highest BCUT2D eigenvalue weighted by molar-refractivity contribution is 5.95. The van der Waals surface area contributed by atoms with Crippen LogP contribution in [0.25, 0.3) is 11.1 Å². The maximum atomic E-state index is 14.4. The molecular weight excluding hydrogens is 634 g/mol. The predicted molar refractivity (Wildman–Crippen MR) is 192 cm³/mol. The van der Waals surface area contributed by atoms with Crippen LogP contribution in [0.15, 0.2) is 54.9 Å². The predicted octanol–water partition coefficient (Wildman–Crippen LogP) is 7.40. The van der Waals surface area contributed by atoms with Gasteiger partial charge in [-0.05, 0) is 118 Å². The van der Waals surface area contributed by atoms with Crippen LogP contribution < -0.4 is 15.0 Å². The summed E-state index contributed by atoms with van der Waals surface area (Å²) in [5.41, 5.74) is 5.57. The van der Waals surface area contributed by atoms with Crippen LogP contribution in [0.2, 0.25) is 0 Å². The first kappa shape index (κ1) is 35.3. The van der Waals surface area contributed by atoms with Gasteiger partial charge in [-0.15, -0.1) is 0 Å². The molecule has 3 saturated carbocycles. The van der Waals surface area contributed by atoms with Crippen LogP contribution in [0.4, 0.5) is 15.3 Å². The number of nitrogens with zero attached hydrogens (tertiary/aromatic N) is 4. The van der Waals surface area contributed by atoms with Crippen molar-refractivity contribution >= 4 is 23.8 Å². The fraction of sp³-hybridized carbons (Fsp3) is 0.538. The fourth-order valence-electron chi connectivity index (χ4n) is 7.56. The second-order valence-electron chi connectivity index (χ2n) is 14.4. The van der Waals surface area contributed by atoms with Gasteiger partial charge in [0.25, 0.3) is 0 Å². The maximum absolute atomic E-state index is 14.4. The Morgan fingerprint density at radius 3 is 2.40 bits per heavy atom. The first-order chi connectivity index (χ1) is 24.2. The monoisotopic (exact) mass is 685 g/mol. The Morgan fingerprint density at radius 2 is 1.72 bits per heavy atom. The lowest BCUT2D eigenvalue weighted by Gasteiger charge is -2.36. The van der Waals surface area contributed by atoms with E-state index in [9.17, 15) is 14.4 Å². The van der Waals surface area contributed by atoms with Crippen molar-refractivity contribution in [2.45, 2.75) is 89.2 Å². The molecule has 0 bridgehead atoms. The highest BCUT2D eigenvalue weighted by Gasteiger charge is 2.34. The van der Waals surface area contributed by atoms with Crippen LogP contribution in [0, 0.1) is 18.8 Å². The van der Waals surface area contributed by atoms with E-state index in [1.807, 2.05) is 17.2 Å². The average molecular weight is 686 g/mol. The van der Waals surface area contributed by atoms with Crippen molar-refractivity contribution in [1.82, 2.24) is 20.0 Å². The van der Waals surface area contributed by atoms with Gasteiger partial charge in [0.15, 0.2) is 0 Å². The summed E-state index contributed by atoms with van der Waals surface area (Å²) < 4.78 is 13.2. The van der Waals surface area contributed by atoms with Crippen molar-refractivity contribution < 1.29 is 29.0 Å². The summed E-state index contributed by atoms with van der Waals surface area (Å²) in [5.74, 6) is 1.82. The van der Waals surface area contributed by atoms with Crippen LogP contribution in [0.5, 0.6) is 5.75 Å². The molecule has 0 aliphatic heterocycles. The molecule has 268 valence electrons. The largest absolute Gasteiger partial charge is 0.496 e. The second kappa shape index (κ2) is 16.0. The van der Waals surface area contributed by atoms with Crippen LogP contribution >= 0.6 is 0 Å². The summed E-state index contributed by atoms with van der Waals surface area (Å²) in [4.78, 5) is 40.9. The molecule has 3 aromatic rings. The van der Waals surface area contributed by atoms with Gasteiger partial charge in [0.2, 0.25) is 5.91 Å². The summed E-state index contributed by atoms with van der Waals surface area (Å²) in [6, 6.07) is 15.4. The van der Waals surface area contributed by atoms with Gasteiger partial charge < -0.3 is 29.7 Å². The van der Waals surface area contributed by atoms with E-state index in [1.165, 1.54) is 25.5 Å². The molecule has 0 saturated heterocycles. The number of carbonyl (C=O) groups is 3. The number of likely N-dealkylation sites (N-methyl/N-ethyl adjacent to an activating group) is 1. The third-order valence-corrected chi connectivity index (χ3v) is 10.8. The molecule has 0 spiro atoms. The van der Waals surface area contributed by atoms with E-state index in [2.05, 4.69) is 64.6 Å². The zero-order valence-electron chi connectivity index (χ0n) is 29.6. The molecule has 0 unspecified atom stereocenters. The number of anilines is 1. The summed E-state index contributed by atoms with van der Waals surface area (Å²) in [6.45, 7) is 3.13. The summed E-state index contributed by atoms with van der Waals surface area (Å²) in [7, 11) is 3.16. The molecule has 6 rings (SSSR count). The van der Waals surface area contributed by atoms with Crippen molar-refractivity contribution in [3.63, 3.8) is 0 Å². The molecule has 1 heterocycles. The molecule has 2 aromatic carbocycles. The van der Waals surface area contributed by atoms with Gasteiger partial charge in [-0.3, -0.25) is 9.48 Å². The lowest BCUT2D eigenvalue weighted by Crippen LogP contribution is -2.42. The molecule has 1 aromatic heterocycles. The van der Waals surface area contributed by atoms with Crippen molar-refractivity contribution in [1.29, 1.82) is 0 Å². The summed E-state index contributed by atoms with van der Waals surface area (Å²) >= 11 is 0.